The average Bonchev–Trinajstić information content (AvgIpc) is 2.39. The Kier molecular flexibility index (Phi) is 3.49. The van der Waals surface area contributed by atoms with Crippen molar-refractivity contribution in [1.82, 2.24) is 15.0 Å². The van der Waals surface area contributed by atoms with Gasteiger partial charge in [-0.25, -0.2) is 13.4 Å². The van der Waals surface area contributed by atoms with Gasteiger partial charge >= 0.3 is 0 Å². The molecule has 0 unspecified atom stereocenters. The predicted octanol–water partition coefficient (Wildman–Crippen LogP) is 0.131. The predicted molar refractivity (Wildman–Crippen MR) is 65.0 cm³/mol. The summed E-state index contributed by atoms with van der Waals surface area (Å²) < 4.78 is 26.2. The van der Waals surface area contributed by atoms with E-state index in [1.807, 2.05) is 0 Å². The minimum absolute atomic E-state index is 0.0466. The van der Waals surface area contributed by atoms with E-state index >= 15 is 0 Å². The maximum Gasteiger partial charge on any atom is 0.264 e. The van der Waals surface area contributed by atoms with Crippen molar-refractivity contribution in [1.29, 1.82) is 0 Å². The van der Waals surface area contributed by atoms with Crippen LogP contribution < -0.4 is 10.5 Å². The Bertz CT molecular complexity index is 612. The summed E-state index contributed by atoms with van der Waals surface area (Å²) in [5, 5.41) is 0. The van der Waals surface area contributed by atoms with Crippen molar-refractivity contribution in [2.75, 3.05) is 4.72 Å². The van der Waals surface area contributed by atoms with E-state index in [0.717, 1.165) is 0 Å². The van der Waals surface area contributed by atoms with Crippen LogP contribution in [0.4, 0.5) is 5.82 Å². The van der Waals surface area contributed by atoms with Gasteiger partial charge in [-0.2, -0.15) is 0 Å². The number of hydrogen-bond donors (Lipinski definition) is 2. The Labute approximate surface area is 104 Å². The lowest BCUT2D eigenvalue weighted by Crippen LogP contribution is -2.14. The molecular weight excluding hydrogens is 254 g/mol. The second kappa shape index (κ2) is 5.07. The van der Waals surface area contributed by atoms with Gasteiger partial charge in [0.25, 0.3) is 10.0 Å². The summed E-state index contributed by atoms with van der Waals surface area (Å²) >= 11 is 0. The molecule has 0 saturated carbocycles. The van der Waals surface area contributed by atoms with Crippen molar-refractivity contribution >= 4 is 15.8 Å². The Morgan fingerprint density at radius 1 is 1.17 bits per heavy atom. The lowest BCUT2D eigenvalue weighted by atomic mass is 10.4. The molecule has 18 heavy (non-hydrogen) atoms. The zero-order valence-corrected chi connectivity index (χ0v) is 10.1. The number of nitrogens with zero attached hydrogens (tertiary/aromatic N) is 3. The van der Waals surface area contributed by atoms with E-state index in [2.05, 4.69) is 19.7 Å². The average molecular weight is 265 g/mol. The maximum atomic E-state index is 12.0. The highest BCUT2D eigenvalue weighted by Crippen LogP contribution is 2.12. The van der Waals surface area contributed by atoms with Crippen LogP contribution in [0.15, 0.2) is 41.8 Å². The molecule has 8 heteroatoms. The van der Waals surface area contributed by atoms with E-state index in [0.29, 0.717) is 5.69 Å². The third-order valence-corrected chi connectivity index (χ3v) is 3.46. The van der Waals surface area contributed by atoms with Gasteiger partial charge in [0.05, 0.1) is 11.9 Å². The Morgan fingerprint density at radius 2 is 2.00 bits per heavy atom. The van der Waals surface area contributed by atoms with Gasteiger partial charge in [0.15, 0.2) is 5.82 Å². The third-order valence-electron chi connectivity index (χ3n) is 2.12. The fourth-order valence-electron chi connectivity index (χ4n) is 1.24. The van der Waals surface area contributed by atoms with Gasteiger partial charge in [-0.3, -0.25) is 14.7 Å². The summed E-state index contributed by atoms with van der Waals surface area (Å²) in [6.07, 6.45) is 5.42. The second-order valence-corrected chi connectivity index (χ2v) is 5.07. The van der Waals surface area contributed by atoms with Crippen molar-refractivity contribution in [3.8, 4) is 0 Å². The molecule has 0 aromatic carbocycles. The van der Waals surface area contributed by atoms with E-state index in [9.17, 15) is 8.42 Å². The van der Waals surface area contributed by atoms with Crippen LogP contribution in [0.3, 0.4) is 0 Å². The summed E-state index contributed by atoms with van der Waals surface area (Å²) in [4.78, 5) is 11.6. The smallest absolute Gasteiger partial charge is 0.264 e. The molecule has 0 aliphatic rings. The number of nitrogens with one attached hydrogen (secondary N) is 1. The number of hydrogen-bond acceptors (Lipinski definition) is 6. The van der Waals surface area contributed by atoms with Crippen molar-refractivity contribution in [2.45, 2.75) is 11.4 Å². The lowest BCUT2D eigenvalue weighted by Gasteiger charge is -2.06. The highest BCUT2D eigenvalue weighted by atomic mass is 32.2. The zero-order valence-electron chi connectivity index (χ0n) is 9.31. The zero-order chi connectivity index (χ0) is 13.0. The monoisotopic (exact) mass is 265 g/mol. The van der Waals surface area contributed by atoms with E-state index in [1.165, 1.54) is 30.9 Å². The van der Waals surface area contributed by atoms with Gasteiger partial charge in [-0.05, 0) is 12.1 Å². The SMILES string of the molecule is NCc1ccc(S(=O)(=O)Nc2cnccn2)cn1. The molecule has 0 bridgehead atoms. The van der Waals surface area contributed by atoms with Crippen LogP contribution in [0.5, 0.6) is 0 Å². The van der Waals surface area contributed by atoms with E-state index in [4.69, 9.17) is 5.73 Å². The number of sulfonamides is 1. The van der Waals surface area contributed by atoms with Crippen molar-refractivity contribution in [3.05, 3.63) is 42.6 Å². The van der Waals surface area contributed by atoms with Crippen molar-refractivity contribution in [3.63, 3.8) is 0 Å². The van der Waals surface area contributed by atoms with Crippen LogP contribution in [-0.2, 0) is 16.6 Å². The van der Waals surface area contributed by atoms with Gasteiger partial charge in [-0.1, -0.05) is 0 Å². The summed E-state index contributed by atoms with van der Waals surface area (Å²) in [5.74, 6) is 0.153. The van der Waals surface area contributed by atoms with Crippen LogP contribution >= 0.6 is 0 Å². The fourth-order valence-corrected chi connectivity index (χ4v) is 2.18. The molecule has 0 aliphatic heterocycles. The highest BCUT2D eigenvalue weighted by Gasteiger charge is 2.15. The molecule has 2 rings (SSSR count). The Morgan fingerprint density at radius 3 is 2.56 bits per heavy atom. The van der Waals surface area contributed by atoms with Gasteiger partial charge < -0.3 is 5.73 Å². The maximum absolute atomic E-state index is 12.0. The minimum atomic E-state index is -3.69. The topological polar surface area (TPSA) is 111 Å². The van der Waals surface area contributed by atoms with Crippen LogP contribution in [-0.4, -0.2) is 23.4 Å². The van der Waals surface area contributed by atoms with Crippen LogP contribution in [0.25, 0.3) is 0 Å². The standard InChI is InChI=1S/C10H11N5O2S/c11-5-8-1-2-9(6-14-8)18(16,17)15-10-7-12-3-4-13-10/h1-4,6-7H,5,11H2,(H,13,15). The first-order valence-electron chi connectivity index (χ1n) is 5.05. The van der Waals surface area contributed by atoms with Crippen LogP contribution in [0, 0.1) is 0 Å². The van der Waals surface area contributed by atoms with Gasteiger partial charge in [0.1, 0.15) is 4.90 Å². The van der Waals surface area contributed by atoms with Crippen molar-refractivity contribution in [2.24, 2.45) is 5.73 Å². The quantitative estimate of drug-likeness (QED) is 0.813. The molecule has 3 N–H and O–H groups in total. The Hall–Kier alpha value is -2.06. The molecule has 2 aromatic heterocycles. The normalized spacial score (nSPS) is 11.2. The molecule has 0 fully saturated rings. The lowest BCUT2D eigenvalue weighted by molar-refractivity contribution is 0.600. The number of nitrogens with two attached hydrogens (primary N) is 1. The molecule has 0 atom stereocenters. The van der Waals surface area contributed by atoms with Crippen LogP contribution in [0.1, 0.15) is 5.69 Å². The van der Waals surface area contributed by atoms with E-state index in [-0.39, 0.29) is 17.3 Å². The third kappa shape index (κ3) is 2.79. The Balaban J connectivity index is 2.25. The summed E-state index contributed by atoms with van der Waals surface area (Å²) in [6, 6.07) is 3.00. The first kappa shape index (κ1) is 12.4. The first-order valence-corrected chi connectivity index (χ1v) is 6.54. The van der Waals surface area contributed by atoms with Crippen LogP contribution in [0.2, 0.25) is 0 Å². The fraction of sp³-hybridized carbons (Fsp3) is 0.100. The number of pyridine rings is 1. The highest BCUT2D eigenvalue weighted by molar-refractivity contribution is 7.92. The summed E-state index contributed by atoms with van der Waals surface area (Å²) in [7, 11) is -3.69. The van der Waals surface area contributed by atoms with Gasteiger partial charge in [-0.15, -0.1) is 0 Å². The van der Waals surface area contributed by atoms with Gasteiger partial charge in [0, 0.05) is 25.1 Å². The molecule has 0 radical (unpaired) electrons. The number of rotatable bonds is 4. The molecule has 0 spiro atoms. The number of anilines is 1. The molecular formula is C10H11N5O2S. The van der Waals surface area contributed by atoms with Crippen molar-refractivity contribution < 1.29 is 8.42 Å². The molecule has 0 amide bonds. The molecule has 2 aromatic rings. The van der Waals surface area contributed by atoms with Gasteiger partial charge in [0.2, 0.25) is 0 Å². The summed E-state index contributed by atoms with van der Waals surface area (Å²) in [6.45, 7) is 0.262. The minimum Gasteiger partial charge on any atom is -0.325 e. The number of aromatic nitrogens is 3. The molecule has 7 nitrogen and oxygen atoms in total. The molecule has 0 saturated heterocycles. The first-order chi connectivity index (χ1) is 8.62. The summed E-state index contributed by atoms with van der Waals surface area (Å²) in [5.41, 5.74) is 6.01. The second-order valence-electron chi connectivity index (χ2n) is 3.39. The molecule has 94 valence electrons. The molecule has 2 heterocycles. The largest absolute Gasteiger partial charge is 0.325 e. The molecule has 0 aliphatic carbocycles. The van der Waals surface area contributed by atoms with E-state index < -0.39 is 10.0 Å². The van der Waals surface area contributed by atoms with E-state index in [1.54, 1.807) is 6.07 Å².